The Morgan fingerprint density at radius 3 is 2.83 bits per heavy atom. The van der Waals surface area contributed by atoms with Gasteiger partial charge in [0.1, 0.15) is 0 Å². The van der Waals surface area contributed by atoms with Crippen molar-refractivity contribution >= 4 is 22.9 Å². The van der Waals surface area contributed by atoms with Crippen LogP contribution in [0.15, 0.2) is 18.3 Å². The summed E-state index contributed by atoms with van der Waals surface area (Å²) in [5.41, 5.74) is 6.72. The van der Waals surface area contributed by atoms with Gasteiger partial charge >= 0.3 is 5.82 Å². The van der Waals surface area contributed by atoms with Crippen LogP contribution in [-0.4, -0.2) is 26.5 Å². The molecule has 2 heterocycles. The minimum absolute atomic E-state index is 0.143. The van der Waals surface area contributed by atoms with Gasteiger partial charge in [-0.1, -0.05) is 29.4 Å². The summed E-state index contributed by atoms with van der Waals surface area (Å²) in [7, 11) is 0. The molecular formula is C15H19N5O3. The van der Waals surface area contributed by atoms with Crippen LogP contribution in [0, 0.1) is 16.0 Å². The van der Waals surface area contributed by atoms with Crippen LogP contribution in [0.1, 0.15) is 43.0 Å². The fourth-order valence-electron chi connectivity index (χ4n) is 3.24. The number of anilines is 1. The minimum Gasteiger partial charge on any atom is -0.378 e. The fraction of sp³-hybridized carbons (Fsp3) is 0.467. The van der Waals surface area contributed by atoms with Crippen LogP contribution in [0.5, 0.6) is 0 Å². The number of nitrogens with one attached hydrogen (secondary N) is 1. The summed E-state index contributed by atoms with van der Waals surface area (Å²) in [6.45, 7) is 2.17. The van der Waals surface area contributed by atoms with E-state index in [9.17, 15) is 14.9 Å². The first-order chi connectivity index (χ1) is 11.0. The van der Waals surface area contributed by atoms with E-state index in [0.717, 1.165) is 19.3 Å². The number of hydrogen-bond donors (Lipinski definition) is 2. The number of rotatable bonds is 4. The highest BCUT2D eigenvalue weighted by Crippen LogP contribution is 2.31. The van der Waals surface area contributed by atoms with Crippen LogP contribution in [0.3, 0.4) is 0 Å². The number of amides is 1. The molecule has 2 aromatic rings. The molecule has 0 radical (unpaired) electrons. The Kier molecular flexibility index (Phi) is 3.89. The van der Waals surface area contributed by atoms with Crippen molar-refractivity contribution in [3.8, 4) is 0 Å². The minimum atomic E-state index is -0.602. The Morgan fingerprint density at radius 1 is 1.43 bits per heavy atom. The van der Waals surface area contributed by atoms with Gasteiger partial charge in [0, 0.05) is 12.1 Å². The first-order valence-corrected chi connectivity index (χ1v) is 7.70. The lowest BCUT2D eigenvalue weighted by molar-refractivity contribution is -0.390. The Balaban J connectivity index is 2.09. The van der Waals surface area contributed by atoms with Crippen molar-refractivity contribution in [2.75, 3.05) is 5.32 Å². The monoisotopic (exact) mass is 317 g/mol. The molecule has 0 saturated heterocycles. The van der Waals surface area contributed by atoms with Gasteiger partial charge in [0.2, 0.25) is 0 Å². The maximum absolute atomic E-state index is 11.7. The number of nitrogens with zero attached hydrogens (tertiary/aromatic N) is 3. The van der Waals surface area contributed by atoms with E-state index in [1.807, 2.05) is 0 Å². The first-order valence-electron chi connectivity index (χ1n) is 7.70. The molecule has 1 fully saturated rings. The average Bonchev–Trinajstić information content (AvgIpc) is 2.94. The quantitative estimate of drug-likeness (QED) is 0.663. The van der Waals surface area contributed by atoms with E-state index in [2.05, 4.69) is 17.3 Å². The summed E-state index contributed by atoms with van der Waals surface area (Å²) in [5.74, 6) is -0.284. The van der Waals surface area contributed by atoms with E-state index < -0.39 is 10.8 Å². The lowest BCUT2D eigenvalue weighted by atomic mass is 9.85. The summed E-state index contributed by atoms with van der Waals surface area (Å²) >= 11 is 0. The summed E-state index contributed by atoms with van der Waals surface area (Å²) in [6, 6.07) is 3.18. The highest BCUT2D eigenvalue weighted by Gasteiger charge is 2.27. The van der Waals surface area contributed by atoms with E-state index in [-0.39, 0.29) is 17.4 Å². The van der Waals surface area contributed by atoms with Crippen LogP contribution in [0.2, 0.25) is 0 Å². The van der Waals surface area contributed by atoms with E-state index in [4.69, 9.17) is 5.73 Å². The number of nitrogens with two attached hydrogens (primary N) is 1. The summed E-state index contributed by atoms with van der Waals surface area (Å²) in [4.78, 5) is 22.3. The van der Waals surface area contributed by atoms with Crippen molar-refractivity contribution in [1.29, 1.82) is 0 Å². The molecule has 0 unspecified atom stereocenters. The van der Waals surface area contributed by atoms with Crippen molar-refractivity contribution in [2.24, 2.45) is 11.7 Å². The van der Waals surface area contributed by atoms with E-state index in [1.165, 1.54) is 23.2 Å². The molecule has 3 rings (SSSR count). The molecule has 1 amide bonds. The standard InChI is InChI=1S/C15H19N5O3/c1-9-4-2-3-5-11(9)18-14-10(15(16)21)8-17-19-12(14)6-7-13(19)20(22)23/h6-9,11,18H,2-5H2,1H3,(H2,16,21)/t9-,11+/m0/s1. The van der Waals surface area contributed by atoms with Gasteiger partial charge in [0.05, 0.1) is 17.4 Å². The summed E-state index contributed by atoms with van der Waals surface area (Å²) < 4.78 is 1.22. The van der Waals surface area contributed by atoms with E-state index >= 15 is 0 Å². The predicted molar refractivity (Wildman–Crippen MR) is 85.4 cm³/mol. The summed E-state index contributed by atoms with van der Waals surface area (Å²) in [6.07, 6.45) is 5.72. The number of fused-ring (bicyclic) bond motifs is 1. The van der Waals surface area contributed by atoms with Crippen LogP contribution < -0.4 is 11.1 Å². The van der Waals surface area contributed by atoms with Crippen molar-refractivity contribution in [3.63, 3.8) is 0 Å². The van der Waals surface area contributed by atoms with E-state index in [1.54, 1.807) is 6.07 Å². The highest BCUT2D eigenvalue weighted by molar-refractivity contribution is 6.02. The molecule has 0 aliphatic heterocycles. The second-order valence-electron chi connectivity index (χ2n) is 6.06. The number of carbonyl (C=O) groups excluding carboxylic acids is 1. The number of nitro groups is 1. The molecule has 1 aliphatic carbocycles. The molecule has 2 atom stereocenters. The fourth-order valence-corrected chi connectivity index (χ4v) is 3.24. The van der Waals surface area contributed by atoms with Gasteiger partial charge in [-0.05, 0) is 29.7 Å². The third kappa shape index (κ3) is 2.71. The highest BCUT2D eigenvalue weighted by atomic mass is 16.6. The third-order valence-electron chi connectivity index (χ3n) is 4.56. The molecule has 0 spiro atoms. The van der Waals surface area contributed by atoms with Crippen molar-refractivity contribution in [3.05, 3.63) is 34.0 Å². The molecule has 122 valence electrons. The first kappa shape index (κ1) is 15.3. The van der Waals surface area contributed by atoms with E-state index in [0.29, 0.717) is 17.1 Å². The Hall–Kier alpha value is -2.64. The summed E-state index contributed by atoms with van der Waals surface area (Å²) in [5, 5.41) is 18.5. The molecule has 3 N–H and O–H groups in total. The topological polar surface area (TPSA) is 116 Å². The van der Waals surface area contributed by atoms with Crippen molar-refractivity contribution < 1.29 is 9.72 Å². The van der Waals surface area contributed by atoms with Gasteiger partial charge in [0.25, 0.3) is 5.91 Å². The zero-order valence-corrected chi connectivity index (χ0v) is 12.9. The Labute approximate surface area is 132 Å². The smallest absolute Gasteiger partial charge is 0.348 e. The lowest BCUT2D eigenvalue weighted by Crippen LogP contribution is -2.31. The maximum atomic E-state index is 11.7. The normalized spacial score (nSPS) is 21.3. The molecule has 1 saturated carbocycles. The second-order valence-corrected chi connectivity index (χ2v) is 6.06. The zero-order valence-electron chi connectivity index (χ0n) is 12.9. The largest absolute Gasteiger partial charge is 0.378 e. The predicted octanol–water partition coefficient (Wildman–Crippen LogP) is 2.33. The molecular weight excluding hydrogens is 298 g/mol. The van der Waals surface area contributed by atoms with Gasteiger partial charge in [-0.3, -0.25) is 4.79 Å². The third-order valence-corrected chi connectivity index (χ3v) is 4.56. The van der Waals surface area contributed by atoms with Crippen molar-refractivity contribution in [1.82, 2.24) is 9.61 Å². The lowest BCUT2D eigenvalue weighted by Gasteiger charge is -2.30. The number of carbonyl (C=O) groups is 1. The zero-order chi connectivity index (χ0) is 16.6. The van der Waals surface area contributed by atoms with Crippen molar-refractivity contribution in [2.45, 2.75) is 38.6 Å². The van der Waals surface area contributed by atoms with Crippen LogP contribution in [-0.2, 0) is 0 Å². The maximum Gasteiger partial charge on any atom is 0.348 e. The molecule has 8 heteroatoms. The molecule has 0 aromatic carbocycles. The van der Waals surface area contributed by atoms with Gasteiger partial charge in [0.15, 0.2) is 5.52 Å². The molecule has 2 aromatic heterocycles. The molecule has 8 nitrogen and oxygen atoms in total. The number of aromatic nitrogens is 2. The molecule has 1 aliphatic rings. The van der Waals surface area contributed by atoms with Gasteiger partial charge in [-0.25, -0.2) is 0 Å². The van der Waals surface area contributed by atoms with Gasteiger partial charge < -0.3 is 21.2 Å². The average molecular weight is 317 g/mol. The SMILES string of the molecule is C[C@H]1CCCC[C@H]1Nc1c(C(N)=O)cnn2c([N+](=O)[O-])ccc12. The number of primary amides is 1. The Bertz CT molecular complexity index is 770. The second kappa shape index (κ2) is 5.86. The molecule has 23 heavy (non-hydrogen) atoms. The van der Waals surface area contributed by atoms with Gasteiger partial charge in [-0.15, -0.1) is 0 Å². The molecule has 0 bridgehead atoms. The van der Waals surface area contributed by atoms with Crippen LogP contribution in [0.4, 0.5) is 11.5 Å². The van der Waals surface area contributed by atoms with Crippen LogP contribution in [0.25, 0.3) is 5.52 Å². The number of hydrogen-bond acceptors (Lipinski definition) is 5. The Morgan fingerprint density at radius 2 is 2.17 bits per heavy atom. The van der Waals surface area contributed by atoms with Crippen LogP contribution >= 0.6 is 0 Å². The van der Waals surface area contributed by atoms with Gasteiger partial charge in [-0.2, -0.15) is 0 Å².